The van der Waals surface area contributed by atoms with E-state index in [2.05, 4.69) is 54.1 Å². The molecule has 468 valence electrons. The van der Waals surface area contributed by atoms with Crippen LogP contribution in [-0.4, -0.2) is 48.1 Å². The number of aliphatic imine (C=N–C) groups is 3. The first-order valence-corrected chi connectivity index (χ1v) is 32.3. The predicted octanol–water partition coefficient (Wildman–Crippen LogP) is 17.9. The summed E-state index contributed by atoms with van der Waals surface area (Å²) < 4.78 is 49.5. The van der Waals surface area contributed by atoms with E-state index in [0.29, 0.717) is 31.6 Å². The molecule has 5 aromatic heterocycles. The summed E-state index contributed by atoms with van der Waals surface area (Å²) in [5, 5.41) is 22.0. The van der Waals surface area contributed by atoms with E-state index in [0.717, 1.165) is 192 Å². The summed E-state index contributed by atoms with van der Waals surface area (Å²) >= 11 is 24.7. The molecule has 6 aromatic carbocycles. The highest BCUT2D eigenvalue weighted by Gasteiger charge is 2.56. The van der Waals surface area contributed by atoms with Gasteiger partial charge in [0.05, 0.1) is 56.5 Å². The van der Waals surface area contributed by atoms with Gasteiger partial charge >= 0.3 is 0 Å². The van der Waals surface area contributed by atoms with Gasteiger partial charge in [0.15, 0.2) is 23.0 Å². The van der Waals surface area contributed by atoms with Gasteiger partial charge in [0.25, 0.3) is 5.91 Å². The van der Waals surface area contributed by atoms with Crippen molar-refractivity contribution in [1.82, 2.24) is 30.9 Å². The summed E-state index contributed by atoms with van der Waals surface area (Å²) in [6, 6.07) is 39.7. The molecule has 4 spiro atoms. The number of fused-ring (bicyclic) bond motifs is 16. The van der Waals surface area contributed by atoms with E-state index < -0.39 is 5.54 Å². The first-order chi connectivity index (χ1) is 45.3. The van der Waals surface area contributed by atoms with Gasteiger partial charge in [0, 0.05) is 65.8 Å². The lowest BCUT2D eigenvalue weighted by Crippen LogP contribution is -2.33. The number of aryl methyl sites for hydroxylation is 4. The highest BCUT2D eigenvalue weighted by Crippen LogP contribution is 2.59. The van der Waals surface area contributed by atoms with Crippen molar-refractivity contribution in [3.8, 4) is 55.6 Å². The fourth-order valence-corrected chi connectivity index (χ4v) is 14.1. The van der Waals surface area contributed by atoms with E-state index >= 15 is 0 Å². The highest BCUT2D eigenvalue weighted by molar-refractivity contribution is 6.70. The Kier molecular flexibility index (Phi) is 14.0. The number of anilines is 1. The van der Waals surface area contributed by atoms with Gasteiger partial charge in [-0.25, -0.2) is 13.8 Å². The third-order valence-electron chi connectivity index (χ3n) is 18.8. The molecule has 0 unspecified atom stereocenters. The van der Waals surface area contributed by atoms with E-state index in [-0.39, 0.29) is 34.2 Å². The summed E-state index contributed by atoms with van der Waals surface area (Å²) in [7, 11) is 0. The Morgan fingerprint density at radius 2 is 0.787 bits per heavy atom. The number of hydrogen-bond donors (Lipinski definition) is 2. The van der Waals surface area contributed by atoms with Gasteiger partial charge in [-0.05, 0) is 204 Å². The molecular formula is C73H54Cl4F2N10O5. The molecule has 8 aliphatic rings. The number of benzene rings is 6. The van der Waals surface area contributed by atoms with Crippen molar-refractivity contribution in [2.24, 2.45) is 15.0 Å². The van der Waals surface area contributed by atoms with Crippen molar-refractivity contribution in [3.05, 3.63) is 246 Å². The number of nitrogens with zero attached hydrogens (tertiary/aromatic N) is 8. The van der Waals surface area contributed by atoms with Crippen LogP contribution in [0, 0.1) is 39.3 Å². The lowest BCUT2D eigenvalue weighted by molar-refractivity contribution is 0.0925. The molecular weight excluding hydrogens is 1280 g/mol. The minimum Gasteiger partial charge on any atom is -0.384 e. The van der Waals surface area contributed by atoms with Crippen LogP contribution in [0.1, 0.15) is 135 Å². The second-order valence-electron chi connectivity index (χ2n) is 25.2. The van der Waals surface area contributed by atoms with E-state index in [1.165, 1.54) is 24.3 Å². The number of nitrogens with two attached hydrogens (primary N) is 1. The Balaban J connectivity index is 0.000000101. The highest BCUT2D eigenvalue weighted by atomic mass is 35.5. The number of nitrogen functional groups attached to an aromatic ring is 1. The average molecular weight is 1330 g/mol. The number of rotatable bonds is 3. The van der Waals surface area contributed by atoms with Crippen LogP contribution in [0.5, 0.6) is 0 Å². The van der Waals surface area contributed by atoms with Crippen LogP contribution >= 0.6 is 46.4 Å². The van der Waals surface area contributed by atoms with E-state index in [1.54, 1.807) is 48.7 Å². The molecule has 19 rings (SSSR count). The van der Waals surface area contributed by atoms with Gasteiger partial charge in [-0.15, -0.1) is 0 Å². The number of amides is 1. The molecule has 4 saturated carbocycles. The summed E-state index contributed by atoms with van der Waals surface area (Å²) in [5.41, 5.74) is 24.2. The van der Waals surface area contributed by atoms with Crippen LogP contribution < -0.4 is 11.1 Å². The van der Waals surface area contributed by atoms with Gasteiger partial charge in [-0.3, -0.25) is 19.8 Å². The standard InChI is InChI=1S/C25H19FN4O.C20H14ClFN2O.C14H10Cl2N2O.C14H11ClN2O2/c1-14-22-19-8-4-16(17-5-9-21(27)28-13-17)12-20(19)23(15-2-6-18(26)7-3-15)29-25(10-11-25)24(22)31-30-14;1-11-17-15-7-4-13(21)10-16(15)18(12-2-5-14(22)6-3-12)23-20(8-9-20)19(17)25-24-11;1-7-11-9-3-2-8(15)6-10(9)13(16)17-14(4-5-14)12(11)19-18-7;1-7-11-9-3-2-8(15)6-10(9)13(18)16-14(4-5-14)12(11)19-17-7/h2-9,12-13H,10-11H2,1H3,(H2,27,28);2-7,10H,8-9H2,1H3;2-3,6H,4-5H2,1H3;2-3,6H,4-5H2,1H3,(H,16,18). The minimum atomic E-state index is -0.401. The molecule has 3 N–H and O–H groups in total. The molecule has 0 bridgehead atoms. The zero-order valence-corrected chi connectivity index (χ0v) is 53.9. The van der Waals surface area contributed by atoms with Crippen LogP contribution in [0.2, 0.25) is 15.1 Å². The smallest absolute Gasteiger partial charge is 0.252 e. The fraction of sp³-hybridized carbons (Fsp3) is 0.219. The molecule has 4 fully saturated rings. The molecule has 0 atom stereocenters. The first kappa shape index (κ1) is 59.6. The minimum absolute atomic E-state index is 0.0965. The maximum atomic E-state index is 13.7. The summed E-state index contributed by atoms with van der Waals surface area (Å²) in [4.78, 5) is 31.5. The van der Waals surface area contributed by atoms with Crippen molar-refractivity contribution >= 4 is 74.7 Å². The fourth-order valence-electron chi connectivity index (χ4n) is 13.3. The van der Waals surface area contributed by atoms with Crippen molar-refractivity contribution in [2.45, 2.75) is 101 Å². The molecule has 11 aromatic rings. The number of hydrogen-bond acceptors (Lipinski definition) is 14. The molecule has 9 heterocycles. The number of halogens is 6. The third kappa shape index (κ3) is 10.2. The normalized spacial score (nSPS) is 17.2. The predicted molar refractivity (Wildman–Crippen MR) is 357 cm³/mol. The zero-order valence-electron chi connectivity index (χ0n) is 50.9. The number of nitrogens with one attached hydrogen (secondary N) is 1. The SMILES string of the molecule is Cc1noc2c1-c1ccc(-c3ccc(N)nc3)cc1C(c1ccc(F)cc1)=NC21CC1.Cc1noc2c1-c1ccc(Cl)cc1C(=O)NC21CC1.Cc1noc2c1-c1ccc(Cl)cc1C(Cl)=NC21CC1.Cc1noc2c1-c1ccc(Cl)cc1C(c1ccc(F)cc1)=NC21CC1. The second-order valence-corrected chi connectivity index (χ2v) is 26.8. The zero-order chi connectivity index (χ0) is 64.7. The Bertz CT molecular complexity index is 5070. The average Bonchev–Trinajstić information content (AvgIpc) is 1.61. The van der Waals surface area contributed by atoms with Crippen molar-refractivity contribution in [2.75, 3.05) is 5.73 Å². The van der Waals surface area contributed by atoms with Crippen molar-refractivity contribution in [1.29, 1.82) is 0 Å². The Morgan fingerprint density at radius 1 is 0.415 bits per heavy atom. The summed E-state index contributed by atoms with van der Waals surface area (Å²) in [6.07, 6.45) is 9.09. The largest absolute Gasteiger partial charge is 0.384 e. The molecule has 0 saturated heterocycles. The summed E-state index contributed by atoms with van der Waals surface area (Å²) in [6.45, 7) is 7.74. The molecule has 1 amide bonds. The Morgan fingerprint density at radius 3 is 1.23 bits per heavy atom. The van der Waals surface area contributed by atoms with Crippen molar-refractivity contribution in [3.63, 3.8) is 0 Å². The molecule has 21 heteroatoms. The quantitative estimate of drug-likeness (QED) is 0.170. The lowest BCUT2D eigenvalue weighted by Gasteiger charge is -2.13. The van der Waals surface area contributed by atoms with Gasteiger partial charge in [-0.1, -0.05) is 97.4 Å². The van der Waals surface area contributed by atoms with Gasteiger partial charge in [0.1, 0.15) is 44.8 Å². The maximum absolute atomic E-state index is 13.7. The van der Waals surface area contributed by atoms with Gasteiger partial charge in [-0.2, -0.15) is 0 Å². The molecule has 0 radical (unpaired) electrons. The van der Waals surface area contributed by atoms with Crippen LogP contribution in [-0.2, 0) is 22.2 Å². The maximum Gasteiger partial charge on any atom is 0.252 e. The van der Waals surface area contributed by atoms with E-state index in [4.69, 9.17) is 80.2 Å². The van der Waals surface area contributed by atoms with Crippen LogP contribution in [0.15, 0.2) is 173 Å². The number of carbonyl (C=O) groups is 1. The number of carbonyl (C=O) groups excluding carboxylic acids is 1. The summed E-state index contributed by atoms with van der Waals surface area (Å²) in [5.74, 6) is 3.11. The lowest BCUT2D eigenvalue weighted by atomic mass is 9.90. The monoisotopic (exact) mass is 1330 g/mol. The van der Waals surface area contributed by atoms with Crippen molar-refractivity contribution < 1.29 is 31.7 Å². The topological polar surface area (TPSA) is 209 Å². The van der Waals surface area contributed by atoms with E-state index in [9.17, 15) is 13.6 Å². The van der Waals surface area contributed by atoms with E-state index in [1.807, 2.05) is 76.2 Å². The Hall–Kier alpha value is -9.39. The van der Waals surface area contributed by atoms with Crippen LogP contribution in [0.25, 0.3) is 55.6 Å². The second kappa shape index (κ2) is 22.1. The number of aromatic nitrogens is 5. The van der Waals surface area contributed by atoms with Crippen LogP contribution in [0.4, 0.5) is 14.6 Å². The van der Waals surface area contributed by atoms with Gasteiger partial charge < -0.3 is 29.1 Å². The third-order valence-corrected chi connectivity index (χ3v) is 19.8. The number of pyridine rings is 1. The molecule has 4 aliphatic heterocycles. The van der Waals surface area contributed by atoms with Crippen LogP contribution in [0.3, 0.4) is 0 Å². The first-order valence-electron chi connectivity index (χ1n) is 30.8. The molecule has 94 heavy (non-hydrogen) atoms. The Labute approximate surface area is 557 Å². The van der Waals surface area contributed by atoms with Gasteiger partial charge in [0.2, 0.25) is 0 Å². The molecule has 4 aliphatic carbocycles. The molecule has 15 nitrogen and oxygen atoms in total.